The maximum atomic E-state index is 12.3. The number of hydrogen-bond acceptors (Lipinski definition) is 5. The van der Waals surface area contributed by atoms with Crippen LogP contribution in [-0.4, -0.2) is 24.2 Å². The third-order valence-corrected chi connectivity index (χ3v) is 4.66. The lowest BCUT2D eigenvalue weighted by Gasteiger charge is -2.05. The Hall–Kier alpha value is -3.28. The van der Waals surface area contributed by atoms with E-state index >= 15 is 0 Å². The van der Waals surface area contributed by atoms with Gasteiger partial charge in [-0.25, -0.2) is 4.98 Å². The summed E-state index contributed by atoms with van der Waals surface area (Å²) in [5, 5.41) is 2.95. The van der Waals surface area contributed by atoms with Crippen molar-refractivity contribution in [1.82, 2.24) is 10.3 Å². The number of fused-ring (bicyclic) bond motifs is 1. The number of benzene rings is 2. The van der Waals surface area contributed by atoms with Crippen LogP contribution in [0.5, 0.6) is 11.5 Å². The van der Waals surface area contributed by atoms with Crippen LogP contribution < -0.4 is 14.8 Å². The highest BCUT2D eigenvalue weighted by atomic mass is 16.7. The lowest BCUT2D eigenvalue weighted by Crippen LogP contribution is -2.27. The van der Waals surface area contributed by atoms with E-state index in [4.69, 9.17) is 13.9 Å². The van der Waals surface area contributed by atoms with E-state index in [-0.39, 0.29) is 19.1 Å². The summed E-state index contributed by atoms with van der Waals surface area (Å²) < 4.78 is 16.5. The van der Waals surface area contributed by atoms with E-state index < -0.39 is 0 Å². The second-order valence-corrected chi connectivity index (χ2v) is 6.86. The fraction of sp³-hybridized carbons (Fsp3) is 0.273. The summed E-state index contributed by atoms with van der Waals surface area (Å²) in [4.78, 5) is 16.8. The quantitative estimate of drug-likeness (QED) is 0.710. The second kappa shape index (κ2) is 7.76. The van der Waals surface area contributed by atoms with Crippen LogP contribution in [0.25, 0.3) is 11.5 Å². The molecule has 6 nitrogen and oxygen atoms in total. The number of hydrogen-bond donors (Lipinski definition) is 1. The molecular weight excluding hydrogens is 356 g/mol. The van der Waals surface area contributed by atoms with Crippen LogP contribution in [0.1, 0.15) is 22.6 Å². The van der Waals surface area contributed by atoms with Gasteiger partial charge in [0.2, 0.25) is 18.6 Å². The number of rotatable bonds is 6. The Morgan fingerprint density at radius 3 is 2.82 bits per heavy atom. The number of aryl methyl sites for hydroxylation is 2. The van der Waals surface area contributed by atoms with Gasteiger partial charge in [-0.05, 0) is 44.0 Å². The molecular formula is C22H22N2O4. The fourth-order valence-electron chi connectivity index (χ4n) is 3.17. The van der Waals surface area contributed by atoms with Crippen LogP contribution in [0.2, 0.25) is 0 Å². The van der Waals surface area contributed by atoms with E-state index in [0.717, 1.165) is 12.0 Å². The first kappa shape index (κ1) is 18.1. The van der Waals surface area contributed by atoms with E-state index in [1.807, 2.05) is 31.2 Å². The highest BCUT2D eigenvalue weighted by Gasteiger charge is 2.18. The number of nitrogens with one attached hydrogen (secondary N) is 1. The van der Waals surface area contributed by atoms with E-state index in [1.165, 1.54) is 11.1 Å². The molecule has 2 heterocycles. The summed E-state index contributed by atoms with van der Waals surface area (Å²) in [6.45, 7) is 4.69. The van der Waals surface area contributed by atoms with E-state index in [1.54, 1.807) is 0 Å². The summed E-state index contributed by atoms with van der Waals surface area (Å²) in [5.41, 5.74) is 3.86. The maximum absolute atomic E-state index is 12.3. The van der Waals surface area contributed by atoms with Gasteiger partial charge >= 0.3 is 0 Å². The molecule has 1 aliphatic rings. The summed E-state index contributed by atoms with van der Waals surface area (Å²) >= 11 is 0. The molecule has 28 heavy (non-hydrogen) atoms. The zero-order valence-electron chi connectivity index (χ0n) is 16.0. The average molecular weight is 378 g/mol. The summed E-state index contributed by atoms with van der Waals surface area (Å²) in [6, 6.07) is 13.8. The number of amides is 1. The van der Waals surface area contributed by atoms with Crippen molar-refractivity contribution in [2.24, 2.45) is 0 Å². The Labute approximate surface area is 163 Å². The van der Waals surface area contributed by atoms with Crippen molar-refractivity contribution in [3.05, 3.63) is 65.0 Å². The van der Waals surface area contributed by atoms with E-state index in [0.29, 0.717) is 35.4 Å². The third kappa shape index (κ3) is 4.01. The Morgan fingerprint density at radius 2 is 1.96 bits per heavy atom. The second-order valence-electron chi connectivity index (χ2n) is 6.86. The SMILES string of the molecule is Cc1cccc(CCNC(=O)Cc2nc(-c3ccc4c(c3)OCO4)oc2C)c1. The van der Waals surface area contributed by atoms with Crippen LogP contribution in [0.4, 0.5) is 0 Å². The molecule has 0 unspecified atom stereocenters. The van der Waals surface area contributed by atoms with Crippen LogP contribution in [0.15, 0.2) is 46.9 Å². The van der Waals surface area contributed by atoms with Crippen molar-refractivity contribution in [3.63, 3.8) is 0 Å². The highest BCUT2D eigenvalue weighted by molar-refractivity contribution is 5.78. The first-order valence-corrected chi connectivity index (χ1v) is 9.27. The molecule has 0 saturated heterocycles. The molecule has 1 aliphatic heterocycles. The minimum atomic E-state index is -0.0683. The van der Waals surface area contributed by atoms with Crippen molar-refractivity contribution >= 4 is 5.91 Å². The standard InChI is InChI=1S/C22H22N2O4/c1-14-4-3-5-16(10-14)8-9-23-21(25)12-18-15(2)28-22(24-18)17-6-7-19-20(11-17)27-13-26-19/h3-7,10-11H,8-9,12-13H2,1-2H3,(H,23,25). The van der Waals surface area contributed by atoms with Gasteiger partial charge in [-0.1, -0.05) is 29.8 Å². The van der Waals surface area contributed by atoms with Gasteiger partial charge in [0, 0.05) is 12.1 Å². The van der Waals surface area contributed by atoms with Gasteiger partial charge in [-0.2, -0.15) is 0 Å². The summed E-state index contributed by atoms with van der Waals surface area (Å²) in [5.74, 6) is 2.42. The number of nitrogens with zero attached hydrogens (tertiary/aromatic N) is 1. The smallest absolute Gasteiger partial charge is 0.231 e. The Bertz CT molecular complexity index is 1010. The highest BCUT2D eigenvalue weighted by Crippen LogP contribution is 2.36. The molecule has 0 bridgehead atoms. The van der Waals surface area contributed by atoms with Gasteiger partial charge in [-0.15, -0.1) is 0 Å². The first-order valence-electron chi connectivity index (χ1n) is 9.27. The first-order chi connectivity index (χ1) is 13.6. The molecule has 1 aromatic heterocycles. The number of carbonyl (C=O) groups excluding carboxylic acids is 1. The lowest BCUT2D eigenvalue weighted by atomic mass is 10.1. The molecule has 0 radical (unpaired) electrons. The van der Waals surface area contributed by atoms with Gasteiger partial charge in [-0.3, -0.25) is 4.79 Å². The van der Waals surface area contributed by atoms with Gasteiger partial charge in [0.05, 0.1) is 12.1 Å². The van der Waals surface area contributed by atoms with Crippen molar-refractivity contribution < 1.29 is 18.7 Å². The molecule has 0 aliphatic carbocycles. The predicted octanol–water partition coefficient (Wildman–Crippen LogP) is 3.59. The van der Waals surface area contributed by atoms with Crippen LogP contribution in [-0.2, 0) is 17.6 Å². The van der Waals surface area contributed by atoms with E-state index in [9.17, 15) is 4.79 Å². The van der Waals surface area contributed by atoms with Gasteiger partial charge < -0.3 is 19.2 Å². The van der Waals surface area contributed by atoms with E-state index in [2.05, 4.69) is 35.4 Å². The fourth-order valence-corrected chi connectivity index (χ4v) is 3.17. The molecule has 4 rings (SSSR count). The molecule has 1 N–H and O–H groups in total. The molecule has 0 saturated carbocycles. The third-order valence-electron chi connectivity index (χ3n) is 4.66. The van der Waals surface area contributed by atoms with Crippen molar-refractivity contribution in [3.8, 4) is 23.0 Å². The predicted molar refractivity (Wildman–Crippen MR) is 104 cm³/mol. The monoisotopic (exact) mass is 378 g/mol. The molecule has 1 amide bonds. The molecule has 0 fully saturated rings. The van der Waals surface area contributed by atoms with Gasteiger partial charge in [0.25, 0.3) is 0 Å². The molecule has 144 valence electrons. The van der Waals surface area contributed by atoms with Gasteiger partial charge in [0.15, 0.2) is 11.5 Å². The zero-order valence-corrected chi connectivity index (χ0v) is 16.0. The lowest BCUT2D eigenvalue weighted by molar-refractivity contribution is -0.120. The molecule has 0 atom stereocenters. The van der Waals surface area contributed by atoms with Crippen molar-refractivity contribution in [2.45, 2.75) is 26.7 Å². The molecule has 2 aromatic carbocycles. The zero-order chi connectivity index (χ0) is 19.5. The largest absolute Gasteiger partial charge is 0.454 e. The maximum Gasteiger partial charge on any atom is 0.231 e. The Morgan fingerprint density at radius 1 is 1.11 bits per heavy atom. The molecule has 3 aromatic rings. The van der Waals surface area contributed by atoms with Crippen LogP contribution >= 0.6 is 0 Å². The summed E-state index contributed by atoms with van der Waals surface area (Å²) in [6.07, 6.45) is 0.987. The van der Waals surface area contributed by atoms with Crippen LogP contribution in [0.3, 0.4) is 0 Å². The topological polar surface area (TPSA) is 73.6 Å². The number of ether oxygens (including phenoxy) is 2. The minimum absolute atomic E-state index is 0.0683. The normalized spacial score (nSPS) is 12.2. The number of carbonyl (C=O) groups is 1. The Kier molecular flexibility index (Phi) is 5.02. The van der Waals surface area contributed by atoms with Crippen molar-refractivity contribution in [1.29, 1.82) is 0 Å². The van der Waals surface area contributed by atoms with Crippen LogP contribution in [0, 0.1) is 13.8 Å². The summed E-state index contributed by atoms with van der Waals surface area (Å²) in [7, 11) is 0. The molecule has 6 heteroatoms. The van der Waals surface area contributed by atoms with Gasteiger partial charge in [0.1, 0.15) is 5.76 Å². The van der Waals surface area contributed by atoms with Crippen molar-refractivity contribution in [2.75, 3.05) is 13.3 Å². The average Bonchev–Trinajstić information content (AvgIpc) is 3.28. The Balaban J connectivity index is 1.36. The minimum Gasteiger partial charge on any atom is -0.454 e. The number of aromatic nitrogens is 1. The number of oxazole rings is 1. The molecule has 0 spiro atoms.